The molecule has 7 heteroatoms. The number of nitrogens with zero attached hydrogens (tertiary/aromatic N) is 3. The summed E-state index contributed by atoms with van der Waals surface area (Å²) in [6, 6.07) is 19.5. The predicted molar refractivity (Wildman–Crippen MR) is 124 cm³/mol. The van der Waals surface area contributed by atoms with Crippen LogP contribution in [-0.2, 0) is 13.1 Å². The van der Waals surface area contributed by atoms with Crippen LogP contribution in [0.25, 0.3) is 21.9 Å². The number of halogens is 2. The predicted octanol–water partition coefficient (Wildman–Crippen LogP) is 5.25. The van der Waals surface area contributed by atoms with E-state index in [4.69, 9.17) is 16.3 Å². The average Bonchev–Trinajstić information content (AvgIpc) is 3.09. The smallest absolute Gasteiger partial charge is 0.278 e. The molecule has 0 aliphatic carbocycles. The number of aromatic nitrogens is 3. The van der Waals surface area contributed by atoms with Gasteiger partial charge in [0.15, 0.2) is 0 Å². The van der Waals surface area contributed by atoms with Gasteiger partial charge >= 0.3 is 0 Å². The van der Waals surface area contributed by atoms with Crippen molar-refractivity contribution in [3.05, 3.63) is 105 Å². The van der Waals surface area contributed by atoms with Gasteiger partial charge in [0.05, 0.1) is 25.5 Å². The molecule has 160 valence electrons. The Kier molecular flexibility index (Phi) is 5.15. The Morgan fingerprint density at radius 2 is 1.78 bits per heavy atom. The summed E-state index contributed by atoms with van der Waals surface area (Å²) in [6.45, 7) is 0.748. The minimum atomic E-state index is -0.373. The van der Waals surface area contributed by atoms with Crippen molar-refractivity contribution < 1.29 is 9.13 Å². The molecule has 0 radical (unpaired) electrons. The fourth-order valence-electron chi connectivity index (χ4n) is 4.03. The lowest BCUT2D eigenvalue weighted by molar-refractivity contribution is 0.414. The van der Waals surface area contributed by atoms with Gasteiger partial charge in [-0.25, -0.2) is 9.37 Å². The molecule has 3 aromatic carbocycles. The second-order valence-corrected chi connectivity index (χ2v) is 8.04. The van der Waals surface area contributed by atoms with E-state index in [1.54, 1.807) is 23.8 Å². The summed E-state index contributed by atoms with van der Waals surface area (Å²) in [5.74, 6) is 0.344. The molecular weight excluding hydrogens is 429 g/mol. The van der Waals surface area contributed by atoms with E-state index in [0.717, 1.165) is 22.4 Å². The van der Waals surface area contributed by atoms with E-state index < -0.39 is 0 Å². The molecule has 5 aromatic rings. The summed E-state index contributed by atoms with van der Waals surface area (Å²) in [7, 11) is 1.60. The minimum Gasteiger partial charge on any atom is -0.497 e. The van der Waals surface area contributed by atoms with Gasteiger partial charge in [-0.3, -0.25) is 9.36 Å². The SMILES string of the molecule is COc1cccc(Cn2cnc3c4cc(F)ccc4n(Cc4cccc(Cl)c4)c3c2=O)c1. The van der Waals surface area contributed by atoms with Crippen molar-refractivity contribution in [1.29, 1.82) is 0 Å². The second kappa shape index (κ2) is 8.13. The van der Waals surface area contributed by atoms with E-state index in [0.29, 0.717) is 34.5 Å². The van der Waals surface area contributed by atoms with Crippen LogP contribution in [-0.4, -0.2) is 21.2 Å². The van der Waals surface area contributed by atoms with Crippen LogP contribution in [0.1, 0.15) is 11.1 Å². The maximum absolute atomic E-state index is 14.0. The molecule has 0 saturated heterocycles. The molecule has 0 atom stereocenters. The standard InChI is InChI=1S/C25H19ClFN3O2/c1-32-20-7-3-5-17(11-20)13-29-15-28-23-21-12-19(27)8-9-22(21)30(24(23)25(29)31)14-16-4-2-6-18(26)10-16/h2-12,15H,13-14H2,1H3. The normalized spacial score (nSPS) is 11.3. The molecular formula is C25H19ClFN3O2. The third-order valence-electron chi connectivity index (χ3n) is 5.51. The topological polar surface area (TPSA) is 49.0 Å². The number of benzene rings is 3. The van der Waals surface area contributed by atoms with Gasteiger partial charge < -0.3 is 9.30 Å². The lowest BCUT2D eigenvalue weighted by Gasteiger charge is -2.10. The Morgan fingerprint density at radius 3 is 2.56 bits per heavy atom. The van der Waals surface area contributed by atoms with Gasteiger partial charge in [-0.2, -0.15) is 0 Å². The zero-order valence-corrected chi connectivity index (χ0v) is 18.0. The zero-order valence-electron chi connectivity index (χ0n) is 17.3. The summed E-state index contributed by atoms with van der Waals surface area (Å²) in [6.07, 6.45) is 1.51. The molecule has 0 spiro atoms. The van der Waals surface area contributed by atoms with E-state index in [1.165, 1.54) is 18.5 Å². The number of methoxy groups -OCH3 is 1. The quantitative estimate of drug-likeness (QED) is 0.370. The molecule has 0 unspecified atom stereocenters. The van der Waals surface area contributed by atoms with Crippen molar-refractivity contribution in [2.45, 2.75) is 13.1 Å². The second-order valence-electron chi connectivity index (χ2n) is 7.60. The number of rotatable bonds is 5. The monoisotopic (exact) mass is 447 g/mol. The van der Waals surface area contributed by atoms with Crippen molar-refractivity contribution in [2.75, 3.05) is 7.11 Å². The van der Waals surface area contributed by atoms with E-state index in [9.17, 15) is 9.18 Å². The molecule has 0 saturated carbocycles. The zero-order chi connectivity index (χ0) is 22.2. The molecule has 2 aromatic heterocycles. The largest absolute Gasteiger partial charge is 0.497 e. The summed E-state index contributed by atoms with van der Waals surface area (Å²) in [4.78, 5) is 18.1. The van der Waals surface area contributed by atoms with E-state index in [-0.39, 0.29) is 11.4 Å². The molecule has 2 heterocycles. The molecule has 0 aliphatic rings. The highest BCUT2D eigenvalue weighted by atomic mass is 35.5. The summed E-state index contributed by atoms with van der Waals surface area (Å²) >= 11 is 6.17. The third-order valence-corrected chi connectivity index (χ3v) is 5.74. The first kappa shape index (κ1) is 20.3. The molecule has 0 amide bonds. The van der Waals surface area contributed by atoms with Crippen LogP contribution in [0.2, 0.25) is 5.02 Å². The average molecular weight is 448 g/mol. The van der Waals surface area contributed by atoms with Crippen LogP contribution in [0.3, 0.4) is 0 Å². The van der Waals surface area contributed by atoms with Crippen LogP contribution in [0.4, 0.5) is 4.39 Å². The Hall–Kier alpha value is -3.64. The van der Waals surface area contributed by atoms with Crippen molar-refractivity contribution in [3.8, 4) is 5.75 Å². The molecule has 0 N–H and O–H groups in total. The Bertz CT molecular complexity index is 1520. The highest BCUT2D eigenvalue weighted by molar-refractivity contribution is 6.30. The Balaban J connectivity index is 1.70. The molecule has 32 heavy (non-hydrogen) atoms. The van der Waals surface area contributed by atoms with Crippen LogP contribution in [0, 0.1) is 5.82 Å². The van der Waals surface area contributed by atoms with Crippen molar-refractivity contribution in [3.63, 3.8) is 0 Å². The van der Waals surface area contributed by atoms with E-state index >= 15 is 0 Å². The van der Waals surface area contributed by atoms with Crippen LogP contribution in [0.5, 0.6) is 5.75 Å². The molecule has 5 nitrogen and oxygen atoms in total. The number of hydrogen-bond acceptors (Lipinski definition) is 3. The molecule has 0 bridgehead atoms. The minimum absolute atomic E-state index is 0.198. The molecule has 5 rings (SSSR count). The number of ether oxygens (including phenoxy) is 1. The summed E-state index contributed by atoms with van der Waals surface area (Å²) < 4.78 is 22.8. The van der Waals surface area contributed by atoms with Gasteiger partial charge in [-0.1, -0.05) is 35.9 Å². The van der Waals surface area contributed by atoms with Crippen molar-refractivity contribution >= 4 is 33.5 Å². The van der Waals surface area contributed by atoms with Gasteiger partial charge in [-0.05, 0) is 53.6 Å². The molecule has 0 fully saturated rings. The maximum atomic E-state index is 14.0. The van der Waals surface area contributed by atoms with Crippen LogP contribution < -0.4 is 10.3 Å². The van der Waals surface area contributed by atoms with Gasteiger partial charge in [-0.15, -0.1) is 0 Å². The first-order valence-electron chi connectivity index (χ1n) is 10.1. The summed E-state index contributed by atoms with van der Waals surface area (Å²) in [5.41, 5.74) is 3.30. The lowest BCUT2D eigenvalue weighted by Crippen LogP contribution is -2.23. The van der Waals surface area contributed by atoms with E-state index in [1.807, 2.05) is 47.0 Å². The molecule has 0 aliphatic heterocycles. The maximum Gasteiger partial charge on any atom is 0.278 e. The fourth-order valence-corrected chi connectivity index (χ4v) is 4.25. The first-order valence-corrected chi connectivity index (χ1v) is 10.5. The van der Waals surface area contributed by atoms with Crippen LogP contribution >= 0.6 is 11.6 Å². The number of fused-ring (bicyclic) bond motifs is 3. The first-order chi connectivity index (χ1) is 15.5. The van der Waals surface area contributed by atoms with Gasteiger partial charge in [0, 0.05) is 17.0 Å². The van der Waals surface area contributed by atoms with Gasteiger partial charge in [0.2, 0.25) is 0 Å². The Labute approximate surface area is 188 Å². The lowest BCUT2D eigenvalue weighted by atomic mass is 10.2. The van der Waals surface area contributed by atoms with Crippen LogP contribution in [0.15, 0.2) is 77.9 Å². The summed E-state index contributed by atoms with van der Waals surface area (Å²) in [5, 5.41) is 1.22. The highest BCUT2D eigenvalue weighted by Crippen LogP contribution is 2.27. The van der Waals surface area contributed by atoms with E-state index in [2.05, 4.69) is 4.98 Å². The number of hydrogen-bond donors (Lipinski definition) is 0. The van der Waals surface area contributed by atoms with Gasteiger partial charge in [0.25, 0.3) is 5.56 Å². The fraction of sp³-hybridized carbons (Fsp3) is 0.120. The highest BCUT2D eigenvalue weighted by Gasteiger charge is 2.18. The van der Waals surface area contributed by atoms with Gasteiger partial charge in [0.1, 0.15) is 22.6 Å². The van der Waals surface area contributed by atoms with Crippen molar-refractivity contribution in [1.82, 2.24) is 14.1 Å². The Morgan fingerprint density at radius 1 is 1.00 bits per heavy atom. The van der Waals surface area contributed by atoms with Crippen molar-refractivity contribution in [2.24, 2.45) is 0 Å². The third kappa shape index (κ3) is 3.63.